The highest BCUT2D eigenvalue weighted by molar-refractivity contribution is 6.13. The van der Waals surface area contributed by atoms with E-state index in [1.54, 1.807) is 29.4 Å². The van der Waals surface area contributed by atoms with Crippen molar-refractivity contribution in [1.29, 1.82) is 0 Å². The van der Waals surface area contributed by atoms with E-state index in [9.17, 15) is 14.4 Å². The van der Waals surface area contributed by atoms with Crippen LogP contribution in [0.25, 0.3) is 22.2 Å². The predicted molar refractivity (Wildman–Crippen MR) is 139 cm³/mol. The van der Waals surface area contributed by atoms with Gasteiger partial charge >= 0.3 is 6.09 Å². The molecule has 0 aliphatic carbocycles. The predicted octanol–water partition coefficient (Wildman–Crippen LogP) is 2.79. The summed E-state index contributed by atoms with van der Waals surface area (Å²) in [7, 11) is 0. The van der Waals surface area contributed by atoms with Crippen LogP contribution in [0.3, 0.4) is 0 Å². The maximum Gasteiger partial charge on any atom is 0.405 e. The average Bonchev–Trinajstić information content (AvgIpc) is 3.35. The van der Waals surface area contributed by atoms with Crippen molar-refractivity contribution in [2.24, 2.45) is 0 Å². The Balaban J connectivity index is 1.50. The van der Waals surface area contributed by atoms with Crippen LogP contribution < -0.4 is 15.5 Å². The van der Waals surface area contributed by atoms with Crippen molar-refractivity contribution in [1.82, 2.24) is 25.2 Å². The molecule has 3 amide bonds. The Bertz CT molecular complexity index is 1430. The number of hydrogen-bond acceptors (Lipinski definition) is 6. The number of hydrogen-bond donors (Lipinski definition) is 4. The standard InChI is InChI=1S/C26H25N7O4/c34-21(16-30-26(36)37)32-9-11-33(12-10-32)23-19(17-5-2-1-3-6-17)14-28-24-22(23)20(15-29-24)31-25(35)18-7-4-8-27-13-18/h1-8,13-15,30H,9-12,16H2,(H,28,29)(H,31,35)(H,36,37). The number of pyridine rings is 2. The van der Waals surface area contributed by atoms with Gasteiger partial charge in [0, 0.05) is 56.5 Å². The van der Waals surface area contributed by atoms with Crippen LogP contribution in [0, 0.1) is 0 Å². The van der Waals surface area contributed by atoms with Crippen molar-refractivity contribution in [3.05, 3.63) is 72.8 Å². The van der Waals surface area contributed by atoms with Crippen molar-refractivity contribution in [2.45, 2.75) is 0 Å². The number of piperazine rings is 1. The average molecular weight is 500 g/mol. The number of anilines is 2. The number of nitrogens with zero attached hydrogens (tertiary/aromatic N) is 4. The van der Waals surface area contributed by atoms with Gasteiger partial charge < -0.3 is 30.5 Å². The van der Waals surface area contributed by atoms with Crippen LogP contribution >= 0.6 is 0 Å². The van der Waals surface area contributed by atoms with Crippen molar-refractivity contribution < 1.29 is 19.5 Å². The summed E-state index contributed by atoms with van der Waals surface area (Å²) < 4.78 is 0. The molecule has 4 heterocycles. The summed E-state index contributed by atoms with van der Waals surface area (Å²) in [5.41, 5.74) is 4.43. The summed E-state index contributed by atoms with van der Waals surface area (Å²) in [6, 6.07) is 13.3. The summed E-state index contributed by atoms with van der Waals surface area (Å²) in [4.78, 5) is 51.8. The molecule has 1 aliphatic heterocycles. The van der Waals surface area contributed by atoms with Crippen molar-refractivity contribution >= 4 is 40.3 Å². The molecule has 1 fully saturated rings. The van der Waals surface area contributed by atoms with Crippen LogP contribution in [-0.4, -0.2) is 75.6 Å². The maximum atomic E-state index is 12.9. The highest BCUT2D eigenvalue weighted by atomic mass is 16.4. The Morgan fingerprint density at radius 1 is 1.00 bits per heavy atom. The number of benzene rings is 1. The molecule has 5 rings (SSSR count). The molecule has 1 aliphatic rings. The van der Waals surface area contributed by atoms with Gasteiger partial charge in [-0.05, 0) is 17.7 Å². The molecule has 188 valence electrons. The molecule has 1 aromatic carbocycles. The summed E-state index contributed by atoms with van der Waals surface area (Å²) >= 11 is 0. The summed E-state index contributed by atoms with van der Waals surface area (Å²) in [5.74, 6) is -0.553. The van der Waals surface area contributed by atoms with Crippen molar-refractivity contribution in [3.63, 3.8) is 0 Å². The molecule has 0 radical (unpaired) electrons. The van der Waals surface area contributed by atoms with E-state index in [4.69, 9.17) is 5.11 Å². The fourth-order valence-corrected chi connectivity index (χ4v) is 4.47. The molecule has 0 unspecified atom stereocenters. The second-order valence-electron chi connectivity index (χ2n) is 8.53. The van der Waals surface area contributed by atoms with E-state index in [0.717, 1.165) is 22.2 Å². The lowest BCUT2D eigenvalue weighted by Crippen LogP contribution is -2.51. The Hall–Kier alpha value is -4.93. The van der Waals surface area contributed by atoms with E-state index >= 15 is 0 Å². The van der Waals surface area contributed by atoms with Crippen molar-refractivity contribution in [3.8, 4) is 11.1 Å². The van der Waals surface area contributed by atoms with E-state index in [0.29, 0.717) is 43.1 Å². The lowest BCUT2D eigenvalue weighted by Gasteiger charge is -2.37. The van der Waals surface area contributed by atoms with Crippen LogP contribution in [0.5, 0.6) is 0 Å². The van der Waals surface area contributed by atoms with Crippen LogP contribution in [0.4, 0.5) is 16.2 Å². The number of nitrogens with one attached hydrogen (secondary N) is 3. The molecule has 1 saturated heterocycles. The molecule has 4 aromatic rings. The third-order valence-corrected chi connectivity index (χ3v) is 6.27. The van der Waals surface area contributed by atoms with Crippen LogP contribution in [0.2, 0.25) is 0 Å². The molecule has 3 aromatic heterocycles. The fraction of sp³-hybridized carbons (Fsp3) is 0.192. The zero-order valence-corrected chi connectivity index (χ0v) is 19.8. The van der Waals surface area contributed by atoms with Gasteiger partial charge in [-0.15, -0.1) is 0 Å². The first-order valence-electron chi connectivity index (χ1n) is 11.8. The minimum Gasteiger partial charge on any atom is -0.465 e. The van der Waals surface area contributed by atoms with E-state index in [1.165, 1.54) is 6.20 Å². The van der Waals surface area contributed by atoms with Crippen LogP contribution in [-0.2, 0) is 4.79 Å². The number of amides is 3. The zero-order valence-electron chi connectivity index (χ0n) is 19.8. The Kier molecular flexibility index (Phi) is 6.66. The molecule has 0 saturated carbocycles. The van der Waals surface area contributed by atoms with E-state index in [-0.39, 0.29) is 18.4 Å². The van der Waals surface area contributed by atoms with Crippen LogP contribution in [0.1, 0.15) is 10.4 Å². The molecule has 0 bridgehead atoms. The minimum atomic E-state index is -1.23. The van der Waals surface area contributed by atoms with Crippen molar-refractivity contribution in [2.75, 3.05) is 42.9 Å². The van der Waals surface area contributed by atoms with Gasteiger partial charge in [0.1, 0.15) is 12.2 Å². The number of fused-ring (bicyclic) bond motifs is 1. The number of carbonyl (C=O) groups excluding carboxylic acids is 2. The van der Waals surface area contributed by atoms with Crippen LogP contribution in [0.15, 0.2) is 67.3 Å². The molecular weight excluding hydrogens is 474 g/mol. The van der Waals surface area contributed by atoms with Gasteiger partial charge in [-0.25, -0.2) is 9.78 Å². The molecule has 0 spiro atoms. The summed E-state index contributed by atoms with van der Waals surface area (Å²) in [6.07, 6.45) is 5.42. The second-order valence-corrected chi connectivity index (χ2v) is 8.53. The lowest BCUT2D eigenvalue weighted by atomic mass is 10.0. The van der Waals surface area contributed by atoms with Gasteiger partial charge in [0.2, 0.25) is 5.91 Å². The Morgan fingerprint density at radius 2 is 1.78 bits per heavy atom. The first-order chi connectivity index (χ1) is 18.0. The first kappa shape index (κ1) is 23.8. The number of H-pyrrole nitrogens is 1. The molecule has 11 nitrogen and oxygen atoms in total. The first-order valence-corrected chi connectivity index (χ1v) is 11.8. The van der Waals surface area contributed by atoms with Gasteiger partial charge in [0.25, 0.3) is 5.91 Å². The number of aromatic amines is 1. The van der Waals surface area contributed by atoms with Gasteiger partial charge in [-0.2, -0.15) is 0 Å². The molecule has 37 heavy (non-hydrogen) atoms. The largest absolute Gasteiger partial charge is 0.465 e. The zero-order chi connectivity index (χ0) is 25.8. The smallest absolute Gasteiger partial charge is 0.405 e. The summed E-state index contributed by atoms with van der Waals surface area (Å²) in [5, 5.41) is 14.7. The quantitative estimate of drug-likeness (QED) is 0.319. The normalized spacial score (nSPS) is 13.4. The SMILES string of the molecule is O=C(O)NCC(=O)N1CCN(c2c(-c3ccccc3)cnc3[nH]cc(NC(=O)c4cccnc4)c23)CC1. The molecule has 11 heteroatoms. The number of rotatable bonds is 6. The fourth-order valence-electron chi connectivity index (χ4n) is 4.47. The third kappa shape index (κ3) is 5.06. The number of carboxylic acid groups (broad SMARTS) is 1. The van der Waals surface area contributed by atoms with E-state index in [2.05, 4.69) is 30.5 Å². The van der Waals surface area contributed by atoms with Gasteiger partial charge in [-0.3, -0.25) is 14.6 Å². The monoisotopic (exact) mass is 499 g/mol. The maximum absolute atomic E-state index is 12.9. The number of aromatic nitrogens is 3. The highest BCUT2D eigenvalue weighted by Crippen LogP contribution is 2.40. The molecule has 0 atom stereocenters. The van der Waals surface area contributed by atoms with Gasteiger partial charge in [0.05, 0.1) is 22.3 Å². The second kappa shape index (κ2) is 10.4. The van der Waals surface area contributed by atoms with E-state index in [1.807, 2.05) is 36.5 Å². The Morgan fingerprint density at radius 3 is 2.49 bits per heavy atom. The topological polar surface area (TPSA) is 144 Å². The van der Waals surface area contributed by atoms with Gasteiger partial charge in [-0.1, -0.05) is 30.3 Å². The molecular formula is C26H25N7O4. The van der Waals surface area contributed by atoms with E-state index < -0.39 is 6.09 Å². The molecule has 4 N–H and O–H groups in total. The lowest BCUT2D eigenvalue weighted by molar-refractivity contribution is -0.130. The Labute approximate surface area is 212 Å². The minimum absolute atomic E-state index is 0.258. The third-order valence-electron chi connectivity index (χ3n) is 6.27. The van der Waals surface area contributed by atoms with Gasteiger partial charge in [0.15, 0.2) is 0 Å². The highest BCUT2D eigenvalue weighted by Gasteiger charge is 2.27. The number of carbonyl (C=O) groups is 3. The summed E-state index contributed by atoms with van der Waals surface area (Å²) in [6.45, 7) is 1.66.